The van der Waals surface area contributed by atoms with Gasteiger partial charge in [0.05, 0.1) is 11.8 Å². The van der Waals surface area contributed by atoms with E-state index in [0.717, 1.165) is 6.42 Å². The molecule has 0 radical (unpaired) electrons. The molecule has 1 atom stereocenters. The van der Waals surface area contributed by atoms with Crippen LogP contribution in [0.1, 0.15) is 23.7 Å². The highest BCUT2D eigenvalue weighted by molar-refractivity contribution is 6.04. The van der Waals surface area contributed by atoms with Crippen LogP contribution in [0.25, 0.3) is 11.2 Å². The van der Waals surface area contributed by atoms with Gasteiger partial charge in [-0.15, -0.1) is 0 Å². The Labute approximate surface area is 145 Å². The van der Waals surface area contributed by atoms with Crippen LogP contribution in [0.5, 0.6) is 0 Å². The molecule has 0 aromatic carbocycles. The molecule has 0 unspecified atom stereocenters. The Balaban J connectivity index is 1.83. The predicted octanol–water partition coefficient (Wildman–Crippen LogP) is 0.931. The van der Waals surface area contributed by atoms with Crippen molar-refractivity contribution < 1.29 is 9.59 Å². The number of nitrogens with one attached hydrogen (secondary N) is 2. The molecule has 2 N–H and O–H groups in total. The number of hydrogen-bond donors (Lipinski definition) is 2. The first-order chi connectivity index (χ1) is 12.0. The van der Waals surface area contributed by atoms with Crippen LogP contribution >= 0.6 is 0 Å². The topological polar surface area (TPSA) is 94.2 Å². The van der Waals surface area contributed by atoms with E-state index in [1.807, 2.05) is 18.9 Å². The lowest BCUT2D eigenvalue weighted by Gasteiger charge is -2.25. The number of aromatic amines is 1. The third kappa shape index (κ3) is 3.19. The molecule has 0 aliphatic carbocycles. The van der Waals surface area contributed by atoms with E-state index in [9.17, 15) is 9.59 Å². The smallest absolute Gasteiger partial charge is 0.255 e. The third-order valence-electron chi connectivity index (χ3n) is 4.51. The molecule has 2 amide bonds. The number of hydrogen-bond acceptors (Lipinski definition) is 5. The van der Waals surface area contributed by atoms with Crippen molar-refractivity contribution in [2.24, 2.45) is 0 Å². The van der Waals surface area contributed by atoms with E-state index in [4.69, 9.17) is 0 Å². The van der Waals surface area contributed by atoms with Crippen molar-refractivity contribution in [1.29, 1.82) is 0 Å². The summed E-state index contributed by atoms with van der Waals surface area (Å²) in [5.41, 5.74) is 1.61. The van der Waals surface area contributed by atoms with Gasteiger partial charge in [0.2, 0.25) is 5.91 Å². The number of fused-ring (bicyclic) bond motifs is 1. The van der Waals surface area contributed by atoms with Gasteiger partial charge in [-0.3, -0.25) is 9.59 Å². The fourth-order valence-electron chi connectivity index (χ4n) is 3.06. The molecule has 1 saturated heterocycles. The van der Waals surface area contributed by atoms with E-state index < -0.39 is 0 Å². The average Bonchev–Trinajstić information content (AvgIpc) is 3.27. The molecular weight excluding hydrogens is 320 g/mol. The van der Waals surface area contributed by atoms with Crippen LogP contribution in [0.3, 0.4) is 0 Å². The van der Waals surface area contributed by atoms with E-state index in [2.05, 4.69) is 26.8 Å². The largest absolute Gasteiger partial charge is 0.354 e. The van der Waals surface area contributed by atoms with Crippen LogP contribution < -0.4 is 10.2 Å². The molecule has 2 aromatic rings. The molecule has 1 aliphatic rings. The number of likely N-dealkylation sites (N-methyl/N-ethyl adjacent to an activating group) is 1. The van der Waals surface area contributed by atoms with Crippen molar-refractivity contribution in [3.63, 3.8) is 0 Å². The molecule has 3 rings (SSSR count). The normalized spacial score (nSPS) is 16.9. The number of nitrogens with zero attached hydrogens (tertiary/aromatic N) is 4. The summed E-state index contributed by atoms with van der Waals surface area (Å²) in [6.07, 6.45) is 5.50. The fourth-order valence-corrected chi connectivity index (χ4v) is 3.06. The van der Waals surface area contributed by atoms with Gasteiger partial charge in [-0.25, -0.2) is 9.97 Å². The summed E-state index contributed by atoms with van der Waals surface area (Å²) in [7, 11) is 1.93. The maximum absolute atomic E-state index is 12.1. The van der Waals surface area contributed by atoms with Crippen molar-refractivity contribution in [1.82, 2.24) is 25.2 Å². The summed E-state index contributed by atoms with van der Waals surface area (Å²) in [4.78, 5) is 39.6. The van der Waals surface area contributed by atoms with E-state index in [-0.39, 0.29) is 17.9 Å². The first-order valence-corrected chi connectivity index (χ1v) is 8.31. The second kappa shape index (κ2) is 6.92. The molecule has 0 bridgehead atoms. The second-order valence-corrected chi connectivity index (χ2v) is 6.03. The number of anilines is 1. The van der Waals surface area contributed by atoms with Gasteiger partial charge in [0.15, 0.2) is 5.65 Å². The maximum atomic E-state index is 12.1. The van der Waals surface area contributed by atoms with E-state index >= 15 is 0 Å². The number of amides is 2. The van der Waals surface area contributed by atoms with Gasteiger partial charge < -0.3 is 20.1 Å². The van der Waals surface area contributed by atoms with Crippen molar-refractivity contribution in [2.45, 2.75) is 19.4 Å². The molecule has 8 heteroatoms. The van der Waals surface area contributed by atoms with Gasteiger partial charge in [0.25, 0.3) is 5.91 Å². The summed E-state index contributed by atoms with van der Waals surface area (Å²) in [6, 6.07) is 0.155. The van der Waals surface area contributed by atoms with Gasteiger partial charge >= 0.3 is 0 Å². The first kappa shape index (κ1) is 16.9. The van der Waals surface area contributed by atoms with Gasteiger partial charge in [-0.2, -0.15) is 0 Å². The Morgan fingerprint density at radius 2 is 2.36 bits per heavy atom. The lowest BCUT2D eigenvalue weighted by Crippen LogP contribution is -2.36. The number of H-pyrrole nitrogens is 1. The van der Waals surface area contributed by atoms with Crippen molar-refractivity contribution >= 4 is 28.8 Å². The molecule has 0 spiro atoms. The molecule has 25 heavy (non-hydrogen) atoms. The van der Waals surface area contributed by atoms with E-state index in [0.29, 0.717) is 42.2 Å². The number of likely N-dealkylation sites (tertiary alicyclic amines) is 1. The summed E-state index contributed by atoms with van der Waals surface area (Å²) < 4.78 is 0. The Bertz CT molecular complexity index is 815. The number of carbonyl (C=O) groups is 2. The quantitative estimate of drug-likeness (QED) is 0.789. The van der Waals surface area contributed by atoms with Crippen molar-refractivity contribution in [2.75, 3.05) is 31.6 Å². The van der Waals surface area contributed by atoms with Crippen LogP contribution in [0, 0.1) is 0 Å². The Kier molecular flexibility index (Phi) is 4.69. The van der Waals surface area contributed by atoms with Gasteiger partial charge in [0, 0.05) is 38.9 Å². The minimum Gasteiger partial charge on any atom is -0.354 e. The minimum atomic E-state index is -0.175. The minimum absolute atomic E-state index is 0.0541. The van der Waals surface area contributed by atoms with Gasteiger partial charge in [-0.1, -0.05) is 6.58 Å². The van der Waals surface area contributed by atoms with Crippen LogP contribution in [0.15, 0.2) is 25.0 Å². The monoisotopic (exact) mass is 342 g/mol. The summed E-state index contributed by atoms with van der Waals surface area (Å²) in [6.45, 7) is 7.27. The van der Waals surface area contributed by atoms with Gasteiger partial charge in [-0.05, 0) is 19.4 Å². The third-order valence-corrected chi connectivity index (χ3v) is 4.51. The molecule has 0 saturated carbocycles. The summed E-state index contributed by atoms with van der Waals surface area (Å²) in [5, 5.41) is 2.77. The number of rotatable bonds is 5. The second-order valence-electron chi connectivity index (χ2n) is 6.03. The SMILES string of the molecule is C=CC(=O)N1CC[C@H](N(C)c2cnc3[nH]cc(C(=O)NCC)c3n2)C1. The van der Waals surface area contributed by atoms with Crippen molar-refractivity contribution in [3.05, 3.63) is 30.6 Å². The number of aromatic nitrogens is 3. The molecule has 1 aliphatic heterocycles. The molecule has 2 aromatic heterocycles. The predicted molar refractivity (Wildman–Crippen MR) is 95.5 cm³/mol. The Morgan fingerprint density at radius 1 is 1.56 bits per heavy atom. The summed E-state index contributed by atoms with van der Waals surface area (Å²) in [5.74, 6) is 0.448. The van der Waals surface area contributed by atoms with E-state index in [1.165, 1.54) is 6.08 Å². The summed E-state index contributed by atoms with van der Waals surface area (Å²) >= 11 is 0. The maximum Gasteiger partial charge on any atom is 0.255 e. The fraction of sp³-hybridized carbons (Fsp3) is 0.412. The lowest BCUT2D eigenvalue weighted by molar-refractivity contribution is -0.125. The molecule has 132 valence electrons. The molecule has 1 fully saturated rings. The molecule has 8 nitrogen and oxygen atoms in total. The first-order valence-electron chi connectivity index (χ1n) is 8.31. The zero-order chi connectivity index (χ0) is 18.0. The highest BCUT2D eigenvalue weighted by atomic mass is 16.2. The van der Waals surface area contributed by atoms with Crippen LogP contribution in [0.4, 0.5) is 5.82 Å². The Morgan fingerprint density at radius 3 is 3.08 bits per heavy atom. The van der Waals surface area contributed by atoms with E-state index in [1.54, 1.807) is 17.3 Å². The Hall–Kier alpha value is -2.90. The highest BCUT2D eigenvalue weighted by Crippen LogP contribution is 2.22. The average molecular weight is 342 g/mol. The number of carbonyl (C=O) groups excluding carboxylic acids is 2. The zero-order valence-corrected chi connectivity index (χ0v) is 14.5. The van der Waals surface area contributed by atoms with Gasteiger partial charge in [0.1, 0.15) is 11.3 Å². The zero-order valence-electron chi connectivity index (χ0n) is 14.5. The highest BCUT2D eigenvalue weighted by Gasteiger charge is 2.29. The van der Waals surface area contributed by atoms with Crippen LogP contribution in [0.2, 0.25) is 0 Å². The van der Waals surface area contributed by atoms with Crippen molar-refractivity contribution in [3.8, 4) is 0 Å². The lowest BCUT2D eigenvalue weighted by atomic mass is 10.2. The van der Waals surface area contributed by atoms with Crippen LogP contribution in [-0.2, 0) is 4.79 Å². The molecule has 3 heterocycles. The molecular formula is C17H22N6O2. The van der Waals surface area contributed by atoms with Crippen LogP contribution in [-0.4, -0.2) is 64.4 Å². The standard InChI is InChI=1S/C17H22N6O2/c1-4-14(24)23-7-6-11(10-23)22(3)13-9-20-16-15(21-13)12(8-19-16)17(25)18-5-2/h4,8-9,11H,1,5-7,10H2,2-3H3,(H,18,25)(H,19,20)/t11-/m0/s1.